The number of methoxy groups -OCH3 is 1. The minimum atomic E-state index is -0.326. The number of anilines is 2. The van der Waals surface area contributed by atoms with E-state index in [-0.39, 0.29) is 5.91 Å². The number of rotatable bonds is 4. The molecule has 0 saturated heterocycles. The lowest BCUT2D eigenvalue weighted by atomic mass is 10.0. The minimum absolute atomic E-state index is 0.295. The van der Waals surface area contributed by atoms with Crippen LogP contribution in [0, 0.1) is 6.92 Å². The highest BCUT2D eigenvalue weighted by molar-refractivity contribution is 6.09. The number of benzene rings is 2. The number of nitrogens with one attached hydrogen (secondary N) is 1. The molecule has 0 radical (unpaired) electrons. The molecule has 0 spiro atoms. The van der Waals surface area contributed by atoms with E-state index in [1.165, 1.54) is 13.2 Å². The molecule has 0 aliphatic heterocycles. The third-order valence-electron chi connectivity index (χ3n) is 3.41. The van der Waals surface area contributed by atoms with Gasteiger partial charge < -0.3 is 20.3 Å². The van der Waals surface area contributed by atoms with Crippen molar-refractivity contribution in [3.05, 3.63) is 53.9 Å². The number of nitrogens with two attached hydrogens (primary N) is 1. The van der Waals surface area contributed by atoms with Crippen LogP contribution in [0.25, 0.3) is 11.4 Å². The summed E-state index contributed by atoms with van der Waals surface area (Å²) in [6.07, 6.45) is 0. The quantitative estimate of drug-likeness (QED) is 0.715. The Balaban J connectivity index is 2.05. The molecular weight excluding hydrogens is 308 g/mol. The number of aryl methyl sites for hydroxylation is 1. The molecule has 0 aliphatic rings. The SMILES string of the molecule is COc1cc(-c2noc(C)n2)c(C(=O)Nc2ccccc2)cc1N. The van der Waals surface area contributed by atoms with Gasteiger partial charge in [0.2, 0.25) is 11.7 Å². The molecule has 1 aromatic heterocycles. The van der Waals surface area contributed by atoms with Crippen LogP contribution in [0.15, 0.2) is 47.0 Å². The lowest BCUT2D eigenvalue weighted by Gasteiger charge is -2.12. The first kappa shape index (κ1) is 15.5. The molecule has 0 unspecified atom stereocenters. The average Bonchev–Trinajstić information content (AvgIpc) is 3.01. The fraction of sp³-hybridized carbons (Fsp3) is 0.118. The van der Waals surface area contributed by atoms with Gasteiger partial charge in [-0.05, 0) is 24.3 Å². The van der Waals surface area contributed by atoms with Crippen LogP contribution in [-0.2, 0) is 0 Å². The number of amides is 1. The number of aromatic nitrogens is 2. The normalized spacial score (nSPS) is 10.4. The second-order valence-corrected chi connectivity index (χ2v) is 5.10. The zero-order valence-electron chi connectivity index (χ0n) is 13.2. The van der Waals surface area contributed by atoms with Crippen molar-refractivity contribution in [1.82, 2.24) is 10.1 Å². The molecular formula is C17H16N4O3. The Kier molecular flexibility index (Phi) is 4.15. The lowest BCUT2D eigenvalue weighted by Crippen LogP contribution is -2.14. The van der Waals surface area contributed by atoms with Crippen molar-refractivity contribution < 1.29 is 14.1 Å². The van der Waals surface area contributed by atoms with Gasteiger partial charge in [0.15, 0.2) is 0 Å². The van der Waals surface area contributed by atoms with E-state index < -0.39 is 0 Å². The Morgan fingerprint density at radius 3 is 2.62 bits per heavy atom. The Morgan fingerprint density at radius 2 is 2.00 bits per heavy atom. The van der Waals surface area contributed by atoms with Gasteiger partial charge in [-0.2, -0.15) is 4.98 Å². The summed E-state index contributed by atoms with van der Waals surface area (Å²) >= 11 is 0. The van der Waals surface area contributed by atoms with Gasteiger partial charge in [-0.15, -0.1) is 0 Å². The van der Waals surface area contributed by atoms with Gasteiger partial charge in [-0.3, -0.25) is 4.79 Å². The van der Waals surface area contributed by atoms with Crippen LogP contribution in [0.4, 0.5) is 11.4 Å². The number of ether oxygens (including phenoxy) is 1. The number of hydrogen-bond acceptors (Lipinski definition) is 6. The Hall–Kier alpha value is -3.35. The summed E-state index contributed by atoms with van der Waals surface area (Å²) in [5, 5.41) is 6.70. The molecule has 1 heterocycles. The number of carbonyl (C=O) groups excluding carboxylic acids is 1. The van der Waals surface area contributed by atoms with Crippen molar-refractivity contribution in [3.63, 3.8) is 0 Å². The molecule has 7 nitrogen and oxygen atoms in total. The fourth-order valence-electron chi connectivity index (χ4n) is 2.27. The van der Waals surface area contributed by atoms with Crippen molar-refractivity contribution in [2.45, 2.75) is 6.92 Å². The first-order valence-corrected chi connectivity index (χ1v) is 7.23. The topological polar surface area (TPSA) is 103 Å². The van der Waals surface area contributed by atoms with Crippen LogP contribution in [0.1, 0.15) is 16.2 Å². The number of hydrogen-bond donors (Lipinski definition) is 2. The number of para-hydroxylation sites is 1. The molecule has 24 heavy (non-hydrogen) atoms. The highest BCUT2D eigenvalue weighted by atomic mass is 16.5. The van der Waals surface area contributed by atoms with Gasteiger partial charge in [-0.1, -0.05) is 23.4 Å². The number of nitrogen functional groups attached to an aromatic ring is 1. The predicted octanol–water partition coefficient (Wildman–Crippen LogP) is 2.89. The summed E-state index contributed by atoms with van der Waals surface area (Å²) in [5.74, 6) is 0.802. The molecule has 0 bridgehead atoms. The van der Waals surface area contributed by atoms with Gasteiger partial charge in [0, 0.05) is 18.2 Å². The first-order valence-electron chi connectivity index (χ1n) is 7.23. The lowest BCUT2D eigenvalue weighted by molar-refractivity contribution is 0.102. The molecule has 0 atom stereocenters. The van der Waals surface area contributed by atoms with Crippen molar-refractivity contribution in [1.29, 1.82) is 0 Å². The highest BCUT2D eigenvalue weighted by Gasteiger charge is 2.20. The monoisotopic (exact) mass is 324 g/mol. The molecule has 0 fully saturated rings. The molecule has 3 aromatic rings. The Labute approximate surface area is 138 Å². The summed E-state index contributed by atoms with van der Waals surface area (Å²) in [5.41, 5.74) is 7.78. The van der Waals surface area contributed by atoms with Crippen LogP contribution in [0.2, 0.25) is 0 Å². The summed E-state index contributed by atoms with van der Waals surface area (Å²) in [4.78, 5) is 16.9. The molecule has 7 heteroatoms. The van der Waals surface area contributed by atoms with Crippen LogP contribution >= 0.6 is 0 Å². The maximum atomic E-state index is 12.7. The predicted molar refractivity (Wildman–Crippen MR) is 89.8 cm³/mol. The van der Waals surface area contributed by atoms with Crippen molar-refractivity contribution in [2.24, 2.45) is 0 Å². The largest absolute Gasteiger partial charge is 0.495 e. The molecule has 0 aliphatic carbocycles. The van der Waals surface area contributed by atoms with Crippen LogP contribution in [-0.4, -0.2) is 23.2 Å². The first-order chi connectivity index (χ1) is 11.6. The molecule has 122 valence electrons. The molecule has 3 N–H and O–H groups in total. The second kappa shape index (κ2) is 6.41. The van der Waals surface area contributed by atoms with E-state index in [4.69, 9.17) is 15.0 Å². The average molecular weight is 324 g/mol. The Morgan fingerprint density at radius 1 is 1.25 bits per heavy atom. The van der Waals surface area contributed by atoms with E-state index in [1.807, 2.05) is 18.2 Å². The summed E-state index contributed by atoms with van der Waals surface area (Å²) in [6.45, 7) is 1.68. The van der Waals surface area contributed by atoms with Crippen LogP contribution in [0.3, 0.4) is 0 Å². The van der Waals surface area contributed by atoms with Gasteiger partial charge in [-0.25, -0.2) is 0 Å². The molecule has 3 rings (SSSR count). The van der Waals surface area contributed by atoms with Gasteiger partial charge in [0.05, 0.1) is 18.4 Å². The van der Waals surface area contributed by atoms with Crippen molar-refractivity contribution in [2.75, 3.05) is 18.2 Å². The standard InChI is InChI=1S/C17H16N4O3/c1-10-19-16(21-24-10)12-9-15(23-2)14(18)8-13(12)17(22)20-11-6-4-3-5-7-11/h3-9H,18H2,1-2H3,(H,20,22). The van der Waals surface area contributed by atoms with E-state index in [0.29, 0.717) is 40.0 Å². The summed E-state index contributed by atoms with van der Waals surface area (Å²) < 4.78 is 10.2. The van der Waals surface area contributed by atoms with E-state index >= 15 is 0 Å². The Bertz CT molecular complexity index is 875. The van der Waals surface area contributed by atoms with Crippen molar-refractivity contribution >= 4 is 17.3 Å². The molecule has 2 aromatic carbocycles. The molecule has 0 saturated carbocycles. The summed E-state index contributed by atoms with van der Waals surface area (Å²) in [6, 6.07) is 12.3. The molecule has 1 amide bonds. The van der Waals surface area contributed by atoms with Crippen LogP contribution in [0.5, 0.6) is 5.75 Å². The zero-order valence-corrected chi connectivity index (χ0v) is 13.2. The maximum absolute atomic E-state index is 12.7. The van der Waals surface area contributed by atoms with E-state index in [1.54, 1.807) is 25.1 Å². The van der Waals surface area contributed by atoms with Gasteiger partial charge in [0.1, 0.15) is 5.75 Å². The third kappa shape index (κ3) is 3.05. The smallest absolute Gasteiger partial charge is 0.256 e. The van der Waals surface area contributed by atoms with E-state index in [9.17, 15) is 4.79 Å². The van der Waals surface area contributed by atoms with E-state index in [0.717, 1.165) is 0 Å². The number of nitrogens with zero attached hydrogens (tertiary/aromatic N) is 2. The third-order valence-corrected chi connectivity index (χ3v) is 3.41. The highest BCUT2D eigenvalue weighted by Crippen LogP contribution is 2.32. The van der Waals surface area contributed by atoms with E-state index in [2.05, 4.69) is 15.5 Å². The number of carbonyl (C=O) groups is 1. The van der Waals surface area contributed by atoms with Crippen molar-refractivity contribution in [3.8, 4) is 17.1 Å². The van der Waals surface area contributed by atoms with Crippen LogP contribution < -0.4 is 15.8 Å². The van der Waals surface area contributed by atoms with Gasteiger partial charge in [0.25, 0.3) is 5.91 Å². The minimum Gasteiger partial charge on any atom is -0.495 e. The fourth-order valence-corrected chi connectivity index (χ4v) is 2.27. The zero-order chi connectivity index (χ0) is 17.1. The second-order valence-electron chi connectivity index (χ2n) is 5.10. The maximum Gasteiger partial charge on any atom is 0.256 e. The summed E-state index contributed by atoms with van der Waals surface area (Å²) in [7, 11) is 1.50. The van der Waals surface area contributed by atoms with Gasteiger partial charge >= 0.3 is 0 Å².